The molecule has 0 amide bonds. The van der Waals surface area contributed by atoms with Crippen molar-refractivity contribution in [2.24, 2.45) is 0 Å². The van der Waals surface area contributed by atoms with Gasteiger partial charge in [-0.15, -0.1) is 0 Å². The molecule has 50 valence electrons. The molecule has 0 atom stereocenters. The van der Waals surface area contributed by atoms with Crippen LogP contribution >= 0.6 is 12.2 Å². The second-order valence-electron chi connectivity index (χ2n) is 1.53. The van der Waals surface area contributed by atoms with E-state index in [1.165, 1.54) is 0 Å². The molecule has 1 nitrogen and oxygen atoms in total. The number of thiocarbonyl (C=S) groups is 1. The monoisotopic (exact) mass is 133 g/mol. The Morgan fingerprint density at radius 1 is 1.62 bits per heavy atom. The zero-order valence-electron chi connectivity index (χ0n) is 5.06. The summed E-state index contributed by atoms with van der Waals surface area (Å²) < 4.78 is 0. The van der Waals surface area contributed by atoms with Crippen molar-refractivity contribution in [3.05, 3.63) is 0 Å². The lowest BCUT2D eigenvalue weighted by molar-refractivity contribution is 0.542. The first-order chi connectivity index (χ1) is 3.18. The molecular formula is C6H15NS. The summed E-state index contributed by atoms with van der Waals surface area (Å²) in [5, 5.41) is 0. The Hall–Kier alpha value is -0.110. The fourth-order valence-electron chi connectivity index (χ4n) is 0.223. The van der Waals surface area contributed by atoms with Crippen LogP contribution in [0.3, 0.4) is 0 Å². The molecule has 0 aliphatic carbocycles. The summed E-state index contributed by atoms with van der Waals surface area (Å²) in [6.45, 7) is 5.02. The van der Waals surface area contributed by atoms with Crippen LogP contribution in [0.15, 0.2) is 0 Å². The Labute approximate surface area is 57.7 Å². The third kappa shape index (κ3) is 4.06. The third-order valence-electron chi connectivity index (χ3n) is 1.01. The molecule has 0 aromatic heterocycles. The van der Waals surface area contributed by atoms with E-state index in [-0.39, 0.29) is 7.43 Å². The van der Waals surface area contributed by atoms with Crippen LogP contribution in [0.25, 0.3) is 0 Å². The first-order valence-electron chi connectivity index (χ1n) is 2.40. The van der Waals surface area contributed by atoms with E-state index in [2.05, 4.69) is 6.92 Å². The molecule has 0 aromatic rings. The molecule has 0 rings (SSSR count). The number of hydrogen-bond acceptors (Lipinski definition) is 1. The summed E-state index contributed by atoms with van der Waals surface area (Å²) in [4.78, 5) is 2.98. The van der Waals surface area contributed by atoms with Gasteiger partial charge >= 0.3 is 0 Å². The largest absolute Gasteiger partial charge is 0.370 e. The third-order valence-corrected chi connectivity index (χ3v) is 1.32. The Bertz CT molecular complexity index is 70.9. The molecule has 0 saturated carbocycles. The molecule has 0 spiro atoms. The topological polar surface area (TPSA) is 3.24 Å². The molecule has 8 heavy (non-hydrogen) atoms. The Morgan fingerprint density at radius 2 is 2.00 bits per heavy atom. The van der Waals surface area contributed by atoms with Gasteiger partial charge in [0, 0.05) is 13.6 Å². The van der Waals surface area contributed by atoms with E-state index in [4.69, 9.17) is 12.2 Å². The minimum absolute atomic E-state index is 0. The van der Waals surface area contributed by atoms with Crippen molar-refractivity contribution < 1.29 is 0 Å². The molecule has 0 aliphatic heterocycles. The molecule has 0 radical (unpaired) electrons. The van der Waals surface area contributed by atoms with Crippen LogP contribution in [0.5, 0.6) is 0 Å². The highest BCUT2D eigenvalue weighted by molar-refractivity contribution is 7.80. The zero-order chi connectivity index (χ0) is 5.86. The molecule has 0 aromatic carbocycles. The van der Waals surface area contributed by atoms with Gasteiger partial charge in [-0.3, -0.25) is 0 Å². The highest BCUT2D eigenvalue weighted by Gasteiger charge is 1.89. The van der Waals surface area contributed by atoms with Crippen molar-refractivity contribution in [1.82, 2.24) is 4.90 Å². The average molecular weight is 133 g/mol. The fourth-order valence-corrected chi connectivity index (χ4v) is 0.352. The van der Waals surface area contributed by atoms with Gasteiger partial charge in [-0.1, -0.05) is 19.6 Å². The maximum Gasteiger partial charge on any atom is 0.0745 e. The quantitative estimate of drug-likeness (QED) is 0.503. The van der Waals surface area contributed by atoms with Crippen LogP contribution in [-0.4, -0.2) is 23.5 Å². The van der Waals surface area contributed by atoms with Gasteiger partial charge in [-0.25, -0.2) is 0 Å². The maximum absolute atomic E-state index is 4.84. The summed E-state index contributed by atoms with van der Waals surface area (Å²) in [5.74, 6) is 0. The van der Waals surface area contributed by atoms with E-state index in [9.17, 15) is 0 Å². The van der Waals surface area contributed by atoms with Crippen LogP contribution in [0.1, 0.15) is 21.3 Å². The van der Waals surface area contributed by atoms with E-state index in [0.717, 1.165) is 11.5 Å². The molecule has 0 N–H and O–H groups in total. The van der Waals surface area contributed by atoms with Gasteiger partial charge in [0.2, 0.25) is 0 Å². The van der Waals surface area contributed by atoms with Gasteiger partial charge in [-0.2, -0.15) is 0 Å². The SMILES string of the molecule is C.CCN(C)C(C)=S. The van der Waals surface area contributed by atoms with Gasteiger partial charge in [0.05, 0.1) is 4.99 Å². The van der Waals surface area contributed by atoms with Crippen LogP contribution < -0.4 is 0 Å². The van der Waals surface area contributed by atoms with E-state index in [0.29, 0.717) is 0 Å². The summed E-state index contributed by atoms with van der Waals surface area (Å²) in [7, 11) is 1.99. The first-order valence-corrected chi connectivity index (χ1v) is 2.81. The highest BCUT2D eigenvalue weighted by atomic mass is 32.1. The van der Waals surface area contributed by atoms with Crippen molar-refractivity contribution >= 4 is 17.2 Å². The Balaban J connectivity index is 0. The van der Waals surface area contributed by atoms with Crippen LogP contribution in [-0.2, 0) is 0 Å². The second-order valence-corrected chi connectivity index (χ2v) is 2.12. The minimum atomic E-state index is 0. The second kappa shape index (κ2) is 5.04. The lowest BCUT2D eigenvalue weighted by Gasteiger charge is -2.12. The standard InChI is InChI=1S/C5H11NS.CH4/c1-4-6(3)5(2)7;/h4H2,1-3H3;1H4. The average Bonchev–Trinajstić information content (AvgIpc) is 1.65. The smallest absolute Gasteiger partial charge is 0.0745 e. The van der Waals surface area contributed by atoms with E-state index < -0.39 is 0 Å². The first kappa shape index (κ1) is 10.8. The van der Waals surface area contributed by atoms with E-state index >= 15 is 0 Å². The molecule has 0 saturated heterocycles. The highest BCUT2D eigenvalue weighted by Crippen LogP contribution is 1.82. The van der Waals surface area contributed by atoms with Crippen LogP contribution in [0.2, 0.25) is 0 Å². The molecule has 0 fully saturated rings. The molecule has 0 bridgehead atoms. The number of rotatable bonds is 1. The predicted octanol–water partition coefficient (Wildman–Crippen LogP) is 1.92. The lowest BCUT2D eigenvalue weighted by Crippen LogP contribution is -2.20. The Kier molecular flexibility index (Phi) is 6.80. The summed E-state index contributed by atoms with van der Waals surface area (Å²) in [5.41, 5.74) is 0. The number of hydrogen-bond donors (Lipinski definition) is 0. The molecule has 0 aliphatic rings. The Morgan fingerprint density at radius 3 is 2.00 bits per heavy atom. The van der Waals surface area contributed by atoms with Gasteiger partial charge in [0.1, 0.15) is 0 Å². The minimum Gasteiger partial charge on any atom is -0.370 e. The van der Waals surface area contributed by atoms with E-state index in [1.807, 2.05) is 18.9 Å². The van der Waals surface area contributed by atoms with Gasteiger partial charge in [0.15, 0.2) is 0 Å². The zero-order valence-corrected chi connectivity index (χ0v) is 5.88. The van der Waals surface area contributed by atoms with Crippen molar-refractivity contribution in [3.8, 4) is 0 Å². The lowest BCUT2D eigenvalue weighted by atomic mass is 10.6. The van der Waals surface area contributed by atoms with Crippen LogP contribution in [0, 0.1) is 0 Å². The summed E-state index contributed by atoms with van der Waals surface area (Å²) in [6, 6.07) is 0. The molecule has 0 heterocycles. The van der Waals surface area contributed by atoms with Crippen molar-refractivity contribution in [1.29, 1.82) is 0 Å². The van der Waals surface area contributed by atoms with Gasteiger partial charge in [-0.05, 0) is 13.8 Å². The molecule has 2 heteroatoms. The summed E-state index contributed by atoms with van der Waals surface area (Å²) >= 11 is 4.84. The number of nitrogens with zero attached hydrogens (tertiary/aromatic N) is 1. The van der Waals surface area contributed by atoms with Crippen molar-refractivity contribution in [2.45, 2.75) is 21.3 Å². The predicted molar refractivity (Wildman–Crippen MR) is 43.3 cm³/mol. The van der Waals surface area contributed by atoms with Gasteiger partial charge < -0.3 is 4.90 Å². The van der Waals surface area contributed by atoms with Gasteiger partial charge in [0.25, 0.3) is 0 Å². The molecule has 0 unspecified atom stereocenters. The molecular weight excluding hydrogens is 118 g/mol. The fraction of sp³-hybridized carbons (Fsp3) is 0.833. The van der Waals surface area contributed by atoms with E-state index in [1.54, 1.807) is 0 Å². The van der Waals surface area contributed by atoms with Crippen LogP contribution in [0.4, 0.5) is 0 Å². The van der Waals surface area contributed by atoms with Crippen molar-refractivity contribution in [2.75, 3.05) is 13.6 Å². The maximum atomic E-state index is 4.84. The van der Waals surface area contributed by atoms with Crippen molar-refractivity contribution in [3.63, 3.8) is 0 Å². The summed E-state index contributed by atoms with van der Waals surface area (Å²) in [6.07, 6.45) is 0. The normalized spacial score (nSPS) is 7.38.